The molecule has 0 radical (unpaired) electrons. The first-order chi connectivity index (χ1) is 5.24. The highest BCUT2D eigenvalue weighted by atomic mass is 16.5. The molecule has 11 heavy (non-hydrogen) atoms. The van der Waals surface area contributed by atoms with Crippen molar-refractivity contribution in [2.75, 3.05) is 6.54 Å². The van der Waals surface area contributed by atoms with Crippen molar-refractivity contribution in [1.82, 2.24) is 5.06 Å². The van der Waals surface area contributed by atoms with E-state index in [1.165, 1.54) is 5.06 Å². The molecule has 0 amide bonds. The molecule has 1 fully saturated rings. The summed E-state index contributed by atoms with van der Waals surface area (Å²) in [6, 6.07) is 0.0995. The highest BCUT2D eigenvalue weighted by Gasteiger charge is 2.24. The van der Waals surface area contributed by atoms with Crippen molar-refractivity contribution in [2.24, 2.45) is 0 Å². The number of hydroxylamine groups is 2. The van der Waals surface area contributed by atoms with E-state index >= 15 is 0 Å². The van der Waals surface area contributed by atoms with Crippen molar-refractivity contribution in [3.8, 4) is 0 Å². The van der Waals surface area contributed by atoms with Gasteiger partial charge >= 0.3 is 0 Å². The number of ketones is 1. The van der Waals surface area contributed by atoms with Crippen LogP contribution >= 0.6 is 0 Å². The Hall–Kier alpha value is -0.410. The van der Waals surface area contributed by atoms with Crippen LogP contribution in [0.15, 0.2) is 0 Å². The van der Waals surface area contributed by atoms with Crippen LogP contribution in [-0.4, -0.2) is 28.6 Å². The van der Waals surface area contributed by atoms with Crippen LogP contribution in [0.1, 0.15) is 32.6 Å². The second-order valence-corrected chi connectivity index (χ2v) is 3.06. The lowest BCUT2D eigenvalue weighted by Gasteiger charge is -2.15. The molecule has 0 saturated carbocycles. The van der Waals surface area contributed by atoms with Gasteiger partial charge in [0.15, 0.2) is 0 Å². The Labute approximate surface area is 67.0 Å². The molecule has 0 bridgehead atoms. The molecule has 3 nitrogen and oxygen atoms in total. The minimum absolute atomic E-state index is 0.0995. The van der Waals surface area contributed by atoms with Crippen LogP contribution in [0.2, 0.25) is 0 Å². The molecule has 1 atom stereocenters. The number of hydrogen-bond donors (Lipinski definition) is 1. The minimum Gasteiger partial charge on any atom is -0.314 e. The molecule has 0 aliphatic carbocycles. The van der Waals surface area contributed by atoms with E-state index in [2.05, 4.69) is 0 Å². The number of hydrogen-bond acceptors (Lipinski definition) is 3. The Bertz CT molecular complexity index is 147. The average Bonchev–Trinajstić information content (AvgIpc) is 2.37. The third-order valence-electron chi connectivity index (χ3n) is 2.20. The molecular formula is C8H15NO2. The Morgan fingerprint density at radius 3 is 2.91 bits per heavy atom. The van der Waals surface area contributed by atoms with Crippen LogP contribution in [0.25, 0.3) is 0 Å². The fraction of sp³-hybridized carbons (Fsp3) is 0.875. The molecule has 3 heteroatoms. The van der Waals surface area contributed by atoms with E-state index < -0.39 is 0 Å². The number of nitrogens with zero attached hydrogens (tertiary/aromatic N) is 1. The zero-order valence-corrected chi connectivity index (χ0v) is 6.92. The van der Waals surface area contributed by atoms with E-state index in [1.807, 2.05) is 6.92 Å². The molecular weight excluding hydrogens is 142 g/mol. The van der Waals surface area contributed by atoms with E-state index in [9.17, 15) is 10.0 Å². The summed E-state index contributed by atoms with van der Waals surface area (Å²) in [6.07, 6.45) is 3.08. The van der Waals surface area contributed by atoms with Gasteiger partial charge < -0.3 is 5.21 Å². The molecule has 0 aromatic rings. The Morgan fingerprint density at radius 2 is 2.45 bits per heavy atom. The molecule has 1 N–H and O–H groups in total. The van der Waals surface area contributed by atoms with Crippen molar-refractivity contribution >= 4 is 5.78 Å². The normalized spacial score (nSPS) is 25.8. The molecule has 64 valence electrons. The molecule has 1 heterocycles. The fourth-order valence-electron chi connectivity index (χ4n) is 1.44. The van der Waals surface area contributed by atoms with E-state index in [0.717, 1.165) is 19.4 Å². The van der Waals surface area contributed by atoms with Gasteiger partial charge in [0, 0.05) is 25.4 Å². The van der Waals surface area contributed by atoms with Gasteiger partial charge in [0.2, 0.25) is 0 Å². The molecule has 0 aromatic heterocycles. The zero-order chi connectivity index (χ0) is 8.27. The summed E-state index contributed by atoms with van der Waals surface area (Å²) in [5.74, 6) is 0.246. The van der Waals surface area contributed by atoms with Gasteiger partial charge in [-0.2, -0.15) is 5.06 Å². The predicted octanol–water partition coefficient (Wildman–Crippen LogP) is 1.21. The highest BCUT2D eigenvalue weighted by Crippen LogP contribution is 2.17. The quantitative estimate of drug-likeness (QED) is 0.669. The minimum atomic E-state index is 0.0995. The molecule has 1 unspecified atom stereocenters. The number of rotatable bonds is 3. The third kappa shape index (κ3) is 2.27. The summed E-state index contributed by atoms with van der Waals surface area (Å²) in [5.41, 5.74) is 0. The van der Waals surface area contributed by atoms with Crippen LogP contribution in [0.3, 0.4) is 0 Å². The van der Waals surface area contributed by atoms with Crippen LogP contribution in [0.5, 0.6) is 0 Å². The first kappa shape index (κ1) is 8.68. The van der Waals surface area contributed by atoms with Crippen LogP contribution in [0.4, 0.5) is 0 Å². The second kappa shape index (κ2) is 3.83. The highest BCUT2D eigenvalue weighted by molar-refractivity contribution is 5.78. The standard InChI is InChI=1S/C8H15NO2/c1-2-8(10)6-7-4-3-5-9(7)11/h7,11H,2-6H2,1H3. The summed E-state index contributed by atoms with van der Waals surface area (Å²) in [6.45, 7) is 2.58. The topological polar surface area (TPSA) is 40.5 Å². The molecule has 1 saturated heterocycles. The second-order valence-electron chi connectivity index (χ2n) is 3.06. The van der Waals surface area contributed by atoms with Crippen LogP contribution < -0.4 is 0 Å². The predicted molar refractivity (Wildman–Crippen MR) is 41.4 cm³/mol. The van der Waals surface area contributed by atoms with Crippen molar-refractivity contribution in [1.29, 1.82) is 0 Å². The lowest BCUT2D eigenvalue weighted by atomic mass is 10.1. The fourth-order valence-corrected chi connectivity index (χ4v) is 1.44. The van der Waals surface area contributed by atoms with Crippen LogP contribution in [-0.2, 0) is 4.79 Å². The van der Waals surface area contributed by atoms with Crippen molar-refractivity contribution < 1.29 is 10.0 Å². The molecule has 0 aromatic carbocycles. The van der Waals surface area contributed by atoms with Crippen molar-refractivity contribution in [3.05, 3.63) is 0 Å². The van der Waals surface area contributed by atoms with Crippen molar-refractivity contribution in [3.63, 3.8) is 0 Å². The Kier molecular flexibility index (Phi) is 3.02. The summed E-state index contributed by atoms with van der Waals surface area (Å²) >= 11 is 0. The van der Waals surface area contributed by atoms with E-state index in [1.54, 1.807) is 0 Å². The Balaban J connectivity index is 2.30. The number of Topliss-reactive ketones (excluding diaryl/α,β-unsaturated/α-hetero) is 1. The van der Waals surface area contributed by atoms with Gasteiger partial charge in [0.25, 0.3) is 0 Å². The summed E-state index contributed by atoms with van der Waals surface area (Å²) in [7, 11) is 0. The van der Waals surface area contributed by atoms with Gasteiger partial charge in [-0.1, -0.05) is 6.92 Å². The maximum atomic E-state index is 11.0. The third-order valence-corrected chi connectivity index (χ3v) is 2.20. The number of carbonyl (C=O) groups is 1. The van der Waals surface area contributed by atoms with Gasteiger partial charge in [-0.15, -0.1) is 0 Å². The largest absolute Gasteiger partial charge is 0.314 e. The lowest BCUT2D eigenvalue weighted by molar-refractivity contribution is -0.129. The van der Waals surface area contributed by atoms with E-state index in [4.69, 9.17) is 0 Å². The zero-order valence-electron chi connectivity index (χ0n) is 6.92. The summed E-state index contributed by atoms with van der Waals surface area (Å²) in [5, 5.41) is 10.5. The SMILES string of the molecule is CCC(=O)CC1CCCN1O. The first-order valence-electron chi connectivity index (χ1n) is 4.21. The van der Waals surface area contributed by atoms with Crippen LogP contribution in [0, 0.1) is 0 Å². The van der Waals surface area contributed by atoms with Gasteiger partial charge in [-0.3, -0.25) is 4.79 Å². The number of carbonyl (C=O) groups excluding carboxylic acids is 1. The van der Waals surface area contributed by atoms with Crippen molar-refractivity contribution in [2.45, 2.75) is 38.6 Å². The van der Waals surface area contributed by atoms with E-state index in [0.29, 0.717) is 12.8 Å². The first-order valence-corrected chi connectivity index (χ1v) is 4.21. The summed E-state index contributed by atoms with van der Waals surface area (Å²) in [4.78, 5) is 11.0. The maximum Gasteiger partial charge on any atom is 0.134 e. The molecule has 0 spiro atoms. The van der Waals surface area contributed by atoms with Gasteiger partial charge in [-0.25, -0.2) is 0 Å². The monoisotopic (exact) mass is 157 g/mol. The maximum absolute atomic E-state index is 11.0. The van der Waals surface area contributed by atoms with Gasteiger partial charge in [-0.05, 0) is 12.8 Å². The lowest BCUT2D eigenvalue weighted by Crippen LogP contribution is -2.27. The molecule has 1 aliphatic heterocycles. The smallest absolute Gasteiger partial charge is 0.134 e. The van der Waals surface area contributed by atoms with Gasteiger partial charge in [0.05, 0.1) is 0 Å². The summed E-state index contributed by atoms with van der Waals surface area (Å²) < 4.78 is 0. The molecule has 1 aliphatic rings. The van der Waals surface area contributed by atoms with Gasteiger partial charge in [0.1, 0.15) is 5.78 Å². The average molecular weight is 157 g/mol. The van der Waals surface area contributed by atoms with E-state index in [-0.39, 0.29) is 11.8 Å². The Morgan fingerprint density at radius 1 is 1.73 bits per heavy atom. The molecule has 1 rings (SSSR count).